The van der Waals surface area contributed by atoms with Gasteiger partial charge in [0, 0.05) is 13.0 Å². The number of carboxylic acids is 1. The number of benzene rings is 1. The Hall–Kier alpha value is -1.35. The van der Waals surface area contributed by atoms with E-state index >= 15 is 0 Å². The summed E-state index contributed by atoms with van der Waals surface area (Å²) in [7, 11) is 0. The van der Waals surface area contributed by atoms with Crippen LogP contribution in [0.15, 0.2) is 24.3 Å². The third-order valence-electron chi connectivity index (χ3n) is 4.04. The minimum absolute atomic E-state index is 0.261. The van der Waals surface area contributed by atoms with Gasteiger partial charge in [-0.05, 0) is 56.3 Å². The zero-order valence-corrected chi connectivity index (χ0v) is 12.2. The molecule has 110 valence electrons. The van der Waals surface area contributed by atoms with Crippen LogP contribution in [0.2, 0.25) is 0 Å². The fourth-order valence-corrected chi connectivity index (χ4v) is 2.79. The lowest BCUT2D eigenvalue weighted by Gasteiger charge is -2.26. The molecule has 1 aromatic rings. The molecule has 20 heavy (non-hydrogen) atoms. The first-order valence-corrected chi connectivity index (χ1v) is 7.76. The maximum Gasteiger partial charge on any atom is 0.303 e. The molecule has 1 fully saturated rings. The molecule has 1 heterocycles. The predicted octanol–water partition coefficient (Wildman–Crippen LogP) is 3.12. The monoisotopic (exact) mass is 275 g/mol. The van der Waals surface area contributed by atoms with E-state index < -0.39 is 5.97 Å². The predicted molar refractivity (Wildman–Crippen MR) is 81.0 cm³/mol. The van der Waals surface area contributed by atoms with Crippen molar-refractivity contribution in [1.82, 2.24) is 4.90 Å². The Morgan fingerprint density at radius 2 is 1.60 bits per heavy atom. The van der Waals surface area contributed by atoms with Crippen LogP contribution in [-0.4, -0.2) is 35.6 Å². The lowest BCUT2D eigenvalue weighted by Crippen LogP contribution is -2.31. The molecule has 0 atom stereocenters. The number of nitrogens with zero attached hydrogens (tertiary/aromatic N) is 1. The molecular formula is C17H25NO2. The topological polar surface area (TPSA) is 40.5 Å². The molecule has 0 unspecified atom stereocenters. The molecule has 0 saturated carbocycles. The van der Waals surface area contributed by atoms with Crippen molar-refractivity contribution in [2.45, 2.75) is 44.9 Å². The van der Waals surface area contributed by atoms with Gasteiger partial charge in [0.05, 0.1) is 0 Å². The van der Waals surface area contributed by atoms with E-state index in [0.717, 1.165) is 19.3 Å². The summed E-state index contributed by atoms with van der Waals surface area (Å²) in [6.45, 7) is 3.68. The Labute approximate surface area is 121 Å². The molecule has 1 aliphatic rings. The molecule has 1 aromatic carbocycles. The third-order valence-corrected chi connectivity index (χ3v) is 4.04. The zero-order valence-electron chi connectivity index (χ0n) is 12.2. The van der Waals surface area contributed by atoms with E-state index in [1.165, 1.54) is 50.0 Å². The van der Waals surface area contributed by atoms with Gasteiger partial charge in [-0.1, -0.05) is 30.7 Å². The number of hydrogen-bond acceptors (Lipinski definition) is 2. The van der Waals surface area contributed by atoms with E-state index in [1.807, 2.05) is 0 Å². The summed E-state index contributed by atoms with van der Waals surface area (Å²) < 4.78 is 0. The highest BCUT2D eigenvalue weighted by atomic mass is 16.4. The zero-order chi connectivity index (χ0) is 14.2. The van der Waals surface area contributed by atoms with Crippen LogP contribution in [0.3, 0.4) is 0 Å². The Kier molecular flexibility index (Phi) is 6.06. The number of carboxylic acid groups (broad SMARTS) is 1. The second kappa shape index (κ2) is 8.05. The summed E-state index contributed by atoms with van der Waals surface area (Å²) in [5.74, 6) is -0.705. The number of rotatable bonds is 7. The van der Waals surface area contributed by atoms with E-state index in [0.29, 0.717) is 0 Å². The maximum absolute atomic E-state index is 10.5. The first kappa shape index (κ1) is 15.0. The van der Waals surface area contributed by atoms with Gasteiger partial charge in [0.25, 0.3) is 0 Å². The molecule has 0 spiro atoms. The van der Waals surface area contributed by atoms with E-state index in [1.54, 1.807) is 0 Å². The van der Waals surface area contributed by atoms with Crippen molar-refractivity contribution in [2.24, 2.45) is 0 Å². The number of likely N-dealkylation sites (tertiary alicyclic amines) is 1. The number of carbonyl (C=O) groups is 1. The molecule has 0 amide bonds. The average molecular weight is 275 g/mol. The first-order chi connectivity index (χ1) is 9.74. The van der Waals surface area contributed by atoms with Crippen molar-refractivity contribution < 1.29 is 9.90 Å². The van der Waals surface area contributed by atoms with Crippen LogP contribution in [0.4, 0.5) is 0 Å². The van der Waals surface area contributed by atoms with Crippen molar-refractivity contribution in [3.05, 3.63) is 35.4 Å². The van der Waals surface area contributed by atoms with Gasteiger partial charge >= 0.3 is 5.97 Å². The molecule has 1 N–H and O–H groups in total. The Balaban J connectivity index is 1.71. The highest BCUT2D eigenvalue weighted by Crippen LogP contribution is 2.12. The third kappa shape index (κ3) is 5.33. The number of piperidine rings is 1. The Bertz CT molecular complexity index is 408. The van der Waals surface area contributed by atoms with Crippen LogP contribution >= 0.6 is 0 Å². The summed E-state index contributed by atoms with van der Waals surface area (Å²) >= 11 is 0. The second-order valence-electron chi connectivity index (χ2n) is 5.72. The summed E-state index contributed by atoms with van der Waals surface area (Å²) in [5, 5.41) is 8.62. The lowest BCUT2D eigenvalue weighted by molar-refractivity contribution is -0.137. The molecule has 3 nitrogen and oxygen atoms in total. The van der Waals surface area contributed by atoms with Crippen LogP contribution in [0, 0.1) is 0 Å². The number of aliphatic carboxylic acids is 1. The minimum Gasteiger partial charge on any atom is -0.481 e. The molecular weight excluding hydrogens is 250 g/mol. The Morgan fingerprint density at radius 3 is 2.20 bits per heavy atom. The maximum atomic E-state index is 10.5. The SMILES string of the molecule is O=C(O)CCCc1ccc(CCN2CCCCC2)cc1. The van der Waals surface area contributed by atoms with Crippen LogP contribution in [0.25, 0.3) is 0 Å². The number of hydrogen-bond donors (Lipinski definition) is 1. The average Bonchev–Trinajstić information content (AvgIpc) is 2.47. The van der Waals surface area contributed by atoms with E-state index in [2.05, 4.69) is 29.2 Å². The van der Waals surface area contributed by atoms with Gasteiger partial charge in [-0.3, -0.25) is 4.79 Å². The molecule has 0 aliphatic carbocycles. The fourth-order valence-electron chi connectivity index (χ4n) is 2.79. The standard InChI is InChI=1S/C17H25NO2/c19-17(20)6-4-5-15-7-9-16(10-8-15)11-14-18-12-2-1-3-13-18/h7-10H,1-6,11-14H2,(H,19,20). The molecule has 0 aromatic heterocycles. The largest absolute Gasteiger partial charge is 0.481 e. The minimum atomic E-state index is -0.705. The highest BCUT2D eigenvalue weighted by Gasteiger charge is 2.09. The molecule has 0 radical (unpaired) electrons. The van der Waals surface area contributed by atoms with E-state index in [-0.39, 0.29) is 6.42 Å². The molecule has 0 bridgehead atoms. The smallest absolute Gasteiger partial charge is 0.303 e. The number of aryl methyl sites for hydroxylation is 1. The van der Waals surface area contributed by atoms with E-state index in [4.69, 9.17) is 5.11 Å². The van der Waals surface area contributed by atoms with Crippen molar-refractivity contribution >= 4 is 5.97 Å². The van der Waals surface area contributed by atoms with Crippen LogP contribution in [0.1, 0.15) is 43.2 Å². The summed E-state index contributed by atoms with van der Waals surface area (Å²) in [6, 6.07) is 8.68. The van der Waals surface area contributed by atoms with Crippen LogP contribution < -0.4 is 0 Å². The molecule has 1 aliphatic heterocycles. The van der Waals surface area contributed by atoms with Crippen LogP contribution in [-0.2, 0) is 17.6 Å². The molecule has 3 heteroatoms. The van der Waals surface area contributed by atoms with Gasteiger partial charge in [0.2, 0.25) is 0 Å². The quantitative estimate of drug-likeness (QED) is 0.831. The van der Waals surface area contributed by atoms with Gasteiger partial charge in [0.1, 0.15) is 0 Å². The van der Waals surface area contributed by atoms with Gasteiger partial charge in [-0.15, -0.1) is 0 Å². The van der Waals surface area contributed by atoms with Gasteiger partial charge in [0.15, 0.2) is 0 Å². The van der Waals surface area contributed by atoms with Gasteiger partial charge < -0.3 is 10.0 Å². The first-order valence-electron chi connectivity index (χ1n) is 7.76. The van der Waals surface area contributed by atoms with Crippen molar-refractivity contribution in [3.8, 4) is 0 Å². The fraction of sp³-hybridized carbons (Fsp3) is 0.588. The van der Waals surface area contributed by atoms with Crippen molar-refractivity contribution in [3.63, 3.8) is 0 Å². The van der Waals surface area contributed by atoms with Gasteiger partial charge in [-0.2, -0.15) is 0 Å². The summed E-state index contributed by atoms with van der Waals surface area (Å²) in [6.07, 6.45) is 7.06. The Morgan fingerprint density at radius 1 is 1.00 bits per heavy atom. The molecule has 2 rings (SSSR count). The molecule has 1 saturated heterocycles. The summed E-state index contributed by atoms with van der Waals surface area (Å²) in [4.78, 5) is 13.0. The van der Waals surface area contributed by atoms with Crippen LogP contribution in [0.5, 0.6) is 0 Å². The van der Waals surface area contributed by atoms with Crippen molar-refractivity contribution in [1.29, 1.82) is 0 Å². The summed E-state index contributed by atoms with van der Waals surface area (Å²) in [5.41, 5.74) is 2.63. The lowest BCUT2D eigenvalue weighted by atomic mass is 10.0. The van der Waals surface area contributed by atoms with Gasteiger partial charge in [-0.25, -0.2) is 0 Å². The highest BCUT2D eigenvalue weighted by molar-refractivity contribution is 5.66. The van der Waals surface area contributed by atoms with E-state index in [9.17, 15) is 4.79 Å². The normalized spacial score (nSPS) is 16.2. The second-order valence-corrected chi connectivity index (χ2v) is 5.72. The van der Waals surface area contributed by atoms with Crippen molar-refractivity contribution in [2.75, 3.05) is 19.6 Å².